The van der Waals surface area contributed by atoms with Crippen molar-refractivity contribution in [3.63, 3.8) is 0 Å². The number of fused-ring (bicyclic) bond motifs is 1. The molecule has 1 aromatic heterocycles. The number of nitrogens with zero attached hydrogens (tertiary/aromatic N) is 1. The van der Waals surface area contributed by atoms with Gasteiger partial charge in [-0.1, -0.05) is 34.4 Å². The quantitative estimate of drug-likeness (QED) is 0.394. The van der Waals surface area contributed by atoms with Crippen molar-refractivity contribution in [3.05, 3.63) is 68.3 Å². The molecule has 0 saturated heterocycles. The molecule has 2 aromatic carbocycles. The number of halogens is 6. The molecule has 4 rings (SSSR count). The molecule has 9 heteroatoms. The summed E-state index contributed by atoms with van der Waals surface area (Å²) in [6.07, 6.45) is -3.80. The molecule has 2 heterocycles. The standard InChI is InChI=1S/C18H9BrCl2F3NO2/c19-14-2-1-12(13-3-4-26-16(13)14)15-8-17(27-25-15,18(22,23)24)9-5-10(20)7-11(21)6-9/h1-7H,8H2. The molecule has 0 bridgehead atoms. The number of hydrogen-bond donors (Lipinski definition) is 0. The topological polar surface area (TPSA) is 34.7 Å². The van der Waals surface area contributed by atoms with Gasteiger partial charge in [-0.3, -0.25) is 0 Å². The van der Waals surface area contributed by atoms with Crippen LogP contribution in [0.25, 0.3) is 11.0 Å². The zero-order chi connectivity index (χ0) is 19.4. The normalized spacial score (nSPS) is 20.0. The van der Waals surface area contributed by atoms with Crippen molar-refractivity contribution < 1.29 is 22.4 Å². The first-order chi connectivity index (χ1) is 12.7. The predicted octanol–water partition coefficient (Wildman–Crippen LogP) is 7.08. The highest BCUT2D eigenvalue weighted by molar-refractivity contribution is 9.10. The zero-order valence-corrected chi connectivity index (χ0v) is 16.4. The SMILES string of the molecule is FC(F)(F)C1(c2cc(Cl)cc(Cl)c2)CC(c2ccc(Br)c3occc23)=NO1. The van der Waals surface area contributed by atoms with Crippen molar-refractivity contribution in [2.45, 2.75) is 18.2 Å². The average Bonchev–Trinajstić information content (AvgIpc) is 3.22. The second kappa shape index (κ2) is 6.43. The molecule has 1 atom stereocenters. The highest BCUT2D eigenvalue weighted by Crippen LogP contribution is 2.50. The monoisotopic (exact) mass is 477 g/mol. The summed E-state index contributed by atoms with van der Waals surface area (Å²) in [5, 5.41) is 4.57. The van der Waals surface area contributed by atoms with Crippen molar-refractivity contribution in [3.8, 4) is 0 Å². The lowest BCUT2D eigenvalue weighted by atomic mass is 9.86. The van der Waals surface area contributed by atoms with E-state index in [0.717, 1.165) is 0 Å². The predicted molar refractivity (Wildman–Crippen MR) is 100 cm³/mol. The van der Waals surface area contributed by atoms with E-state index in [9.17, 15) is 13.2 Å². The molecule has 0 N–H and O–H groups in total. The summed E-state index contributed by atoms with van der Waals surface area (Å²) in [5.41, 5.74) is -1.69. The van der Waals surface area contributed by atoms with Crippen molar-refractivity contribution in [1.29, 1.82) is 0 Å². The van der Waals surface area contributed by atoms with Crippen molar-refractivity contribution >= 4 is 55.8 Å². The largest absolute Gasteiger partial charge is 0.463 e. The summed E-state index contributed by atoms with van der Waals surface area (Å²) in [5.74, 6) is 0. The van der Waals surface area contributed by atoms with Gasteiger partial charge in [0.25, 0.3) is 5.60 Å². The fourth-order valence-corrected chi connectivity index (χ4v) is 4.08. The number of alkyl halides is 3. The number of oxime groups is 1. The highest BCUT2D eigenvalue weighted by atomic mass is 79.9. The smallest absolute Gasteiger partial charge is 0.435 e. The fourth-order valence-electron chi connectivity index (χ4n) is 3.12. The van der Waals surface area contributed by atoms with E-state index in [0.29, 0.717) is 21.0 Å². The van der Waals surface area contributed by atoms with Crippen LogP contribution in [0.3, 0.4) is 0 Å². The van der Waals surface area contributed by atoms with Crippen LogP contribution in [0.1, 0.15) is 17.5 Å². The Hall–Kier alpha value is -1.70. The Bertz CT molecular complexity index is 1060. The summed E-state index contributed by atoms with van der Waals surface area (Å²) in [6, 6.07) is 8.76. The summed E-state index contributed by atoms with van der Waals surface area (Å²) in [6.45, 7) is 0. The third kappa shape index (κ3) is 3.02. The number of benzene rings is 2. The van der Waals surface area contributed by atoms with Gasteiger partial charge in [0.2, 0.25) is 0 Å². The van der Waals surface area contributed by atoms with Crippen LogP contribution in [0.15, 0.2) is 56.7 Å². The van der Waals surface area contributed by atoms with Crippen LogP contribution in [-0.4, -0.2) is 11.9 Å². The van der Waals surface area contributed by atoms with Gasteiger partial charge in [0.1, 0.15) is 5.58 Å². The van der Waals surface area contributed by atoms with E-state index in [1.165, 1.54) is 24.5 Å². The van der Waals surface area contributed by atoms with Gasteiger partial charge in [-0.05, 0) is 46.3 Å². The first kappa shape index (κ1) is 18.7. The Kier molecular flexibility index (Phi) is 4.44. The van der Waals surface area contributed by atoms with E-state index in [4.69, 9.17) is 32.5 Å². The molecule has 3 aromatic rings. The van der Waals surface area contributed by atoms with Crippen molar-refractivity contribution in [2.75, 3.05) is 0 Å². The van der Waals surface area contributed by atoms with Gasteiger partial charge in [-0.15, -0.1) is 0 Å². The molecular formula is C18H9BrCl2F3NO2. The lowest BCUT2D eigenvalue weighted by molar-refractivity contribution is -0.275. The lowest BCUT2D eigenvalue weighted by Gasteiger charge is -2.29. The number of furan rings is 1. The second-order valence-corrected chi connectivity index (χ2v) is 7.77. The van der Waals surface area contributed by atoms with Crippen LogP contribution in [-0.2, 0) is 10.4 Å². The molecule has 0 saturated carbocycles. The third-order valence-corrected chi connectivity index (χ3v) is 5.46. The Labute approximate surface area is 169 Å². The maximum absolute atomic E-state index is 14.1. The van der Waals surface area contributed by atoms with Gasteiger partial charge in [0, 0.05) is 33.0 Å². The van der Waals surface area contributed by atoms with Gasteiger partial charge in [0.05, 0.1) is 16.4 Å². The zero-order valence-electron chi connectivity index (χ0n) is 13.3. The van der Waals surface area contributed by atoms with Gasteiger partial charge in [-0.25, -0.2) is 0 Å². The summed E-state index contributed by atoms with van der Waals surface area (Å²) in [7, 11) is 0. The van der Waals surface area contributed by atoms with E-state index in [2.05, 4.69) is 21.1 Å². The van der Waals surface area contributed by atoms with E-state index in [-0.39, 0.29) is 21.3 Å². The Balaban J connectivity index is 1.82. The molecule has 1 aliphatic rings. The second-order valence-electron chi connectivity index (χ2n) is 6.05. The minimum Gasteiger partial charge on any atom is -0.463 e. The maximum Gasteiger partial charge on any atom is 0.435 e. The molecule has 0 aliphatic carbocycles. The first-order valence-electron chi connectivity index (χ1n) is 7.66. The van der Waals surface area contributed by atoms with E-state index < -0.39 is 18.2 Å². The molecule has 27 heavy (non-hydrogen) atoms. The maximum atomic E-state index is 14.1. The molecule has 3 nitrogen and oxygen atoms in total. The van der Waals surface area contributed by atoms with Crippen molar-refractivity contribution in [2.24, 2.45) is 5.16 Å². The van der Waals surface area contributed by atoms with Crippen LogP contribution >= 0.6 is 39.1 Å². The molecule has 0 amide bonds. The first-order valence-corrected chi connectivity index (χ1v) is 9.20. The molecule has 1 unspecified atom stereocenters. The number of hydrogen-bond acceptors (Lipinski definition) is 3. The lowest BCUT2D eigenvalue weighted by Crippen LogP contribution is -2.42. The third-order valence-electron chi connectivity index (χ3n) is 4.39. The summed E-state index contributed by atoms with van der Waals surface area (Å²) in [4.78, 5) is 5.03. The van der Waals surface area contributed by atoms with E-state index >= 15 is 0 Å². The highest BCUT2D eigenvalue weighted by Gasteiger charge is 2.62. The minimum absolute atomic E-state index is 0.0824. The van der Waals surface area contributed by atoms with Crippen LogP contribution in [0.2, 0.25) is 10.0 Å². The Morgan fingerprint density at radius 2 is 1.78 bits per heavy atom. The number of rotatable bonds is 2. The summed E-state index contributed by atoms with van der Waals surface area (Å²) < 4.78 is 48.3. The van der Waals surface area contributed by atoms with Gasteiger partial charge in [-0.2, -0.15) is 13.2 Å². The van der Waals surface area contributed by atoms with Crippen LogP contribution in [0, 0.1) is 0 Å². The average molecular weight is 479 g/mol. The van der Waals surface area contributed by atoms with Gasteiger partial charge >= 0.3 is 6.18 Å². The molecule has 0 spiro atoms. The fraction of sp³-hybridized carbons (Fsp3) is 0.167. The summed E-state index contributed by atoms with van der Waals surface area (Å²) >= 11 is 15.2. The van der Waals surface area contributed by atoms with Gasteiger partial charge < -0.3 is 9.25 Å². The molecule has 0 radical (unpaired) electrons. The van der Waals surface area contributed by atoms with E-state index in [1.54, 1.807) is 18.2 Å². The van der Waals surface area contributed by atoms with Gasteiger partial charge in [0.15, 0.2) is 0 Å². The molecule has 1 aliphatic heterocycles. The Morgan fingerprint density at radius 1 is 1.07 bits per heavy atom. The van der Waals surface area contributed by atoms with Crippen LogP contribution in [0.4, 0.5) is 13.2 Å². The molecule has 140 valence electrons. The Morgan fingerprint density at radius 3 is 2.44 bits per heavy atom. The van der Waals surface area contributed by atoms with Crippen LogP contribution in [0.5, 0.6) is 0 Å². The minimum atomic E-state index is -4.74. The van der Waals surface area contributed by atoms with Crippen LogP contribution < -0.4 is 0 Å². The van der Waals surface area contributed by atoms with E-state index in [1.807, 2.05) is 0 Å². The molecular weight excluding hydrogens is 470 g/mol. The molecule has 0 fully saturated rings. The van der Waals surface area contributed by atoms with Crippen molar-refractivity contribution in [1.82, 2.24) is 0 Å².